The summed E-state index contributed by atoms with van der Waals surface area (Å²) in [6.07, 6.45) is 0. The van der Waals surface area contributed by atoms with E-state index in [-0.39, 0.29) is 22.2 Å². The average Bonchev–Trinajstić information content (AvgIpc) is 2.26. The maximum atomic E-state index is 12.7. The Hall–Kier alpha value is -0.380. The highest BCUT2D eigenvalue weighted by Crippen LogP contribution is 2.55. The van der Waals surface area contributed by atoms with E-state index in [4.69, 9.17) is 32.2 Å². The maximum Gasteiger partial charge on any atom is 0.402 e. The van der Waals surface area contributed by atoms with Crippen molar-refractivity contribution in [3.8, 4) is 0 Å². The third-order valence-electron chi connectivity index (χ3n) is 2.12. The molecule has 0 saturated heterocycles. The zero-order valence-electron chi connectivity index (χ0n) is 11.8. The predicted molar refractivity (Wildman–Crippen MR) is 80.9 cm³/mol. The van der Waals surface area contributed by atoms with E-state index in [1.807, 2.05) is 0 Å². The molecule has 0 aliphatic rings. The van der Waals surface area contributed by atoms with Gasteiger partial charge in [0.2, 0.25) is 0 Å². The molecule has 0 N–H and O–H groups in total. The third kappa shape index (κ3) is 4.31. The summed E-state index contributed by atoms with van der Waals surface area (Å²) in [6.45, 7) is 6.74. The van der Waals surface area contributed by atoms with E-state index in [0.29, 0.717) is 0 Å². The summed E-state index contributed by atoms with van der Waals surface area (Å²) >= 11 is 11.9. The molecule has 1 unspecified atom stereocenters. The molecule has 0 heterocycles. The highest BCUT2D eigenvalue weighted by atomic mass is 35.5. The van der Waals surface area contributed by atoms with Crippen LogP contribution in [0, 0.1) is 0 Å². The minimum Gasteiger partial charge on any atom is -0.303 e. The molecule has 1 rings (SSSR count). The first-order valence-electron chi connectivity index (χ1n) is 6.05. The molecule has 0 spiro atoms. The number of rotatable bonds is 5. The van der Waals surface area contributed by atoms with Crippen molar-refractivity contribution in [2.45, 2.75) is 33.3 Å². The van der Waals surface area contributed by atoms with E-state index >= 15 is 0 Å². The molecule has 0 saturated carbocycles. The van der Waals surface area contributed by atoms with Crippen molar-refractivity contribution in [1.82, 2.24) is 0 Å². The summed E-state index contributed by atoms with van der Waals surface area (Å²) in [6, 6.07) is 4.58. The second-order valence-corrected chi connectivity index (χ2v) is 7.68. The van der Waals surface area contributed by atoms with Gasteiger partial charge in [-0.3, -0.25) is 13.9 Å². The molecular formula is C13H17Cl2O4P. The maximum absolute atomic E-state index is 12.7. The number of hydrogen-bond acceptors (Lipinski definition) is 4. The van der Waals surface area contributed by atoms with Gasteiger partial charge in [0.15, 0.2) is 0 Å². The van der Waals surface area contributed by atoms with Crippen molar-refractivity contribution >= 4 is 36.3 Å². The Balaban J connectivity index is 3.29. The van der Waals surface area contributed by atoms with Crippen LogP contribution in [0.4, 0.5) is 0 Å². The number of carbonyl (C=O) groups excluding carboxylic acids is 1. The van der Waals surface area contributed by atoms with E-state index in [2.05, 4.69) is 0 Å². The van der Waals surface area contributed by atoms with Gasteiger partial charge >= 0.3 is 7.60 Å². The van der Waals surface area contributed by atoms with E-state index in [0.717, 1.165) is 0 Å². The normalized spacial score (nSPS) is 14.9. The van der Waals surface area contributed by atoms with E-state index in [1.54, 1.807) is 33.8 Å². The van der Waals surface area contributed by atoms with Crippen LogP contribution in [-0.4, -0.2) is 17.7 Å². The average molecular weight is 339 g/mol. The topological polar surface area (TPSA) is 52.6 Å². The minimum atomic E-state index is -4.02. The fraction of sp³-hybridized carbons (Fsp3) is 0.462. The van der Waals surface area contributed by atoms with E-state index < -0.39 is 18.7 Å². The molecule has 112 valence electrons. The van der Waals surface area contributed by atoms with Gasteiger partial charge in [-0.2, -0.15) is 0 Å². The number of hydrogen-bond donors (Lipinski definition) is 0. The molecule has 0 amide bonds. The molecule has 0 aliphatic carbocycles. The molecule has 0 aromatic heterocycles. The van der Waals surface area contributed by atoms with Crippen LogP contribution < -0.4 is 0 Å². The molecule has 1 aromatic rings. The van der Waals surface area contributed by atoms with Crippen LogP contribution in [0.3, 0.4) is 0 Å². The first-order valence-corrected chi connectivity index (χ1v) is 8.35. The summed E-state index contributed by atoms with van der Waals surface area (Å²) in [5.74, 6) is 0. The summed E-state index contributed by atoms with van der Waals surface area (Å²) in [4.78, 5) is 12.5. The lowest BCUT2D eigenvalue weighted by molar-refractivity contribution is 0.0788. The largest absolute Gasteiger partial charge is 0.402 e. The Morgan fingerprint density at radius 3 is 2.15 bits per heavy atom. The van der Waals surface area contributed by atoms with Crippen molar-refractivity contribution in [3.63, 3.8) is 0 Å². The van der Waals surface area contributed by atoms with Crippen molar-refractivity contribution in [1.29, 1.82) is 0 Å². The first-order chi connectivity index (χ1) is 9.10. The Labute approximate surface area is 128 Å². The van der Waals surface area contributed by atoms with Crippen LogP contribution in [0.1, 0.15) is 38.1 Å². The van der Waals surface area contributed by atoms with Crippen molar-refractivity contribution in [2.24, 2.45) is 0 Å². The van der Waals surface area contributed by atoms with Gasteiger partial charge in [0, 0.05) is 0 Å². The van der Waals surface area contributed by atoms with Crippen LogP contribution in [0.25, 0.3) is 0 Å². The first kappa shape index (κ1) is 17.7. The smallest absolute Gasteiger partial charge is 0.303 e. The molecule has 4 nitrogen and oxygen atoms in total. The van der Waals surface area contributed by atoms with Crippen molar-refractivity contribution < 1.29 is 18.4 Å². The minimum absolute atomic E-state index is 0.0446. The lowest BCUT2D eigenvalue weighted by Gasteiger charge is -2.26. The molecule has 7 heteroatoms. The highest BCUT2D eigenvalue weighted by Gasteiger charge is 2.41. The van der Waals surface area contributed by atoms with Crippen molar-refractivity contribution in [3.05, 3.63) is 33.8 Å². The summed E-state index contributed by atoms with van der Waals surface area (Å²) in [7, 11) is -4.02. The predicted octanol–water partition coefficient (Wildman–Crippen LogP) is 5.18. The summed E-state index contributed by atoms with van der Waals surface area (Å²) in [5, 5.41) is 0.222. The molecule has 0 fully saturated rings. The quantitative estimate of drug-likeness (QED) is 0.694. The molecule has 0 bridgehead atoms. The SMILES string of the molecule is CCOP(=O)(OC(C)(C)C)C(=O)c1c(Cl)cccc1Cl. The molecule has 0 aliphatic heterocycles. The van der Waals surface area contributed by atoms with Crippen LogP contribution in [0.15, 0.2) is 18.2 Å². The lowest BCUT2D eigenvalue weighted by Crippen LogP contribution is -2.21. The zero-order valence-corrected chi connectivity index (χ0v) is 14.2. The fourth-order valence-corrected chi connectivity index (χ4v) is 4.03. The molecular weight excluding hydrogens is 322 g/mol. The van der Waals surface area contributed by atoms with Gasteiger partial charge in [-0.05, 0) is 39.8 Å². The van der Waals surface area contributed by atoms with Crippen molar-refractivity contribution in [2.75, 3.05) is 6.61 Å². The van der Waals surface area contributed by atoms with E-state index in [9.17, 15) is 9.36 Å². The molecule has 1 atom stereocenters. The van der Waals surface area contributed by atoms with Gasteiger partial charge in [0.25, 0.3) is 5.52 Å². The third-order valence-corrected chi connectivity index (χ3v) is 4.86. The molecule has 1 aromatic carbocycles. The Morgan fingerprint density at radius 2 is 1.75 bits per heavy atom. The van der Waals surface area contributed by atoms with Gasteiger partial charge in [-0.25, -0.2) is 0 Å². The lowest BCUT2D eigenvalue weighted by atomic mass is 10.2. The van der Waals surface area contributed by atoms with Crippen LogP contribution in [-0.2, 0) is 13.6 Å². The summed E-state index contributed by atoms with van der Waals surface area (Å²) in [5.41, 5.74) is -1.68. The van der Waals surface area contributed by atoms with E-state index in [1.165, 1.54) is 12.1 Å². The second kappa shape index (κ2) is 6.59. The van der Waals surface area contributed by atoms with Gasteiger partial charge < -0.3 is 4.52 Å². The molecule has 0 radical (unpaired) electrons. The Morgan fingerprint density at radius 1 is 1.25 bits per heavy atom. The van der Waals surface area contributed by atoms with Gasteiger partial charge in [-0.15, -0.1) is 0 Å². The Bertz CT molecular complexity index is 532. The standard InChI is InChI=1S/C13H17Cl2O4P/c1-5-18-20(17,19-13(2,3)4)12(16)11-9(14)7-6-8-10(11)15/h6-8H,5H2,1-4H3. The Kier molecular flexibility index (Phi) is 5.82. The monoisotopic (exact) mass is 338 g/mol. The van der Waals surface area contributed by atoms with Crippen LogP contribution in [0.5, 0.6) is 0 Å². The van der Waals surface area contributed by atoms with Gasteiger partial charge in [0.05, 0.1) is 27.8 Å². The zero-order chi connectivity index (χ0) is 15.6. The van der Waals surface area contributed by atoms with Gasteiger partial charge in [0.1, 0.15) is 0 Å². The van der Waals surface area contributed by atoms with Gasteiger partial charge in [-0.1, -0.05) is 29.3 Å². The summed E-state index contributed by atoms with van der Waals surface area (Å²) < 4.78 is 23.2. The number of halogens is 2. The fourth-order valence-electron chi connectivity index (χ4n) is 1.50. The van der Waals surface area contributed by atoms with Crippen LogP contribution >= 0.6 is 30.8 Å². The highest BCUT2D eigenvalue weighted by molar-refractivity contribution is 7.72. The number of benzene rings is 1. The molecule has 20 heavy (non-hydrogen) atoms. The number of carbonyl (C=O) groups is 1. The van der Waals surface area contributed by atoms with Crippen LogP contribution in [0.2, 0.25) is 10.0 Å². The second-order valence-electron chi connectivity index (χ2n) is 5.02.